The van der Waals surface area contributed by atoms with Gasteiger partial charge in [-0.05, 0) is 12.5 Å². The summed E-state index contributed by atoms with van der Waals surface area (Å²) in [5, 5.41) is 8.93. The Morgan fingerprint density at radius 3 is 2.77 bits per heavy atom. The van der Waals surface area contributed by atoms with E-state index in [4.69, 9.17) is 9.84 Å². The standard InChI is InChI=1S/C11H16O2/c1-9-4-3-5-10(6-9)7-11(8-12)13-2/h3-6,11-12H,7-8H2,1-2H3. The predicted octanol–water partition coefficient (Wildman–Crippen LogP) is 1.54. The van der Waals surface area contributed by atoms with Gasteiger partial charge < -0.3 is 9.84 Å². The van der Waals surface area contributed by atoms with Gasteiger partial charge in [0.1, 0.15) is 0 Å². The van der Waals surface area contributed by atoms with Gasteiger partial charge in [0.05, 0.1) is 12.7 Å². The van der Waals surface area contributed by atoms with Gasteiger partial charge in [0.25, 0.3) is 0 Å². The van der Waals surface area contributed by atoms with Crippen LogP contribution in [0.25, 0.3) is 0 Å². The molecule has 13 heavy (non-hydrogen) atoms. The number of hydrogen-bond donors (Lipinski definition) is 1. The van der Waals surface area contributed by atoms with Gasteiger partial charge in [0.2, 0.25) is 0 Å². The van der Waals surface area contributed by atoms with Crippen LogP contribution in [0.4, 0.5) is 0 Å². The molecule has 0 saturated carbocycles. The summed E-state index contributed by atoms with van der Waals surface area (Å²) >= 11 is 0. The Labute approximate surface area is 79.2 Å². The highest BCUT2D eigenvalue weighted by Gasteiger charge is 2.05. The van der Waals surface area contributed by atoms with Crippen molar-refractivity contribution in [1.82, 2.24) is 0 Å². The van der Waals surface area contributed by atoms with Gasteiger partial charge in [-0.25, -0.2) is 0 Å². The molecule has 0 bridgehead atoms. The van der Waals surface area contributed by atoms with Crippen molar-refractivity contribution >= 4 is 0 Å². The summed E-state index contributed by atoms with van der Waals surface area (Å²) in [5.74, 6) is 0. The fourth-order valence-electron chi connectivity index (χ4n) is 1.32. The maximum absolute atomic E-state index is 8.93. The molecule has 0 heterocycles. The smallest absolute Gasteiger partial charge is 0.0842 e. The second-order valence-electron chi connectivity index (χ2n) is 3.23. The molecule has 0 saturated heterocycles. The molecule has 1 unspecified atom stereocenters. The summed E-state index contributed by atoms with van der Waals surface area (Å²) in [7, 11) is 1.62. The lowest BCUT2D eigenvalue weighted by molar-refractivity contribution is 0.0495. The second kappa shape index (κ2) is 5.00. The van der Waals surface area contributed by atoms with Crippen molar-refractivity contribution in [3.05, 3.63) is 35.4 Å². The molecule has 0 spiro atoms. The van der Waals surface area contributed by atoms with E-state index >= 15 is 0 Å². The van der Waals surface area contributed by atoms with Gasteiger partial charge in [-0.3, -0.25) is 0 Å². The zero-order chi connectivity index (χ0) is 9.68. The van der Waals surface area contributed by atoms with Crippen LogP contribution in [-0.4, -0.2) is 24.9 Å². The molecule has 1 aromatic carbocycles. The molecule has 0 aliphatic carbocycles. The molecule has 2 nitrogen and oxygen atoms in total. The van der Waals surface area contributed by atoms with Crippen molar-refractivity contribution in [1.29, 1.82) is 0 Å². The SMILES string of the molecule is COC(CO)Cc1cccc(C)c1. The Hall–Kier alpha value is -0.860. The largest absolute Gasteiger partial charge is 0.394 e. The van der Waals surface area contributed by atoms with Crippen LogP contribution >= 0.6 is 0 Å². The molecule has 0 aliphatic heterocycles. The monoisotopic (exact) mass is 180 g/mol. The van der Waals surface area contributed by atoms with E-state index in [2.05, 4.69) is 25.1 Å². The van der Waals surface area contributed by atoms with E-state index in [0.29, 0.717) is 0 Å². The highest BCUT2D eigenvalue weighted by atomic mass is 16.5. The Morgan fingerprint density at radius 1 is 1.46 bits per heavy atom. The van der Waals surface area contributed by atoms with E-state index in [9.17, 15) is 0 Å². The number of aliphatic hydroxyl groups excluding tert-OH is 1. The van der Waals surface area contributed by atoms with Gasteiger partial charge >= 0.3 is 0 Å². The average Bonchev–Trinajstić information content (AvgIpc) is 2.14. The van der Waals surface area contributed by atoms with Crippen LogP contribution in [-0.2, 0) is 11.2 Å². The van der Waals surface area contributed by atoms with Crippen molar-refractivity contribution in [2.24, 2.45) is 0 Å². The number of ether oxygens (including phenoxy) is 1. The number of hydrogen-bond acceptors (Lipinski definition) is 2. The summed E-state index contributed by atoms with van der Waals surface area (Å²) in [5.41, 5.74) is 2.45. The first kappa shape index (κ1) is 10.2. The minimum Gasteiger partial charge on any atom is -0.394 e. The highest BCUT2D eigenvalue weighted by molar-refractivity contribution is 5.22. The number of methoxy groups -OCH3 is 1. The number of benzene rings is 1. The molecule has 72 valence electrons. The van der Waals surface area contributed by atoms with Crippen LogP contribution < -0.4 is 0 Å². The van der Waals surface area contributed by atoms with Gasteiger partial charge in [0.15, 0.2) is 0 Å². The van der Waals surface area contributed by atoms with Crippen LogP contribution in [0.5, 0.6) is 0 Å². The van der Waals surface area contributed by atoms with Gasteiger partial charge in [-0.2, -0.15) is 0 Å². The lowest BCUT2D eigenvalue weighted by Gasteiger charge is -2.12. The van der Waals surface area contributed by atoms with E-state index < -0.39 is 0 Å². The minimum absolute atomic E-state index is 0.0739. The number of aliphatic hydroxyl groups is 1. The van der Waals surface area contributed by atoms with Crippen LogP contribution in [0.3, 0.4) is 0 Å². The maximum Gasteiger partial charge on any atom is 0.0842 e. The average molecular weight is 180 g/mol. The van der Waals surface area contributed by atoms with E-state index in [1.807, 2.05) is 6.07 Å². The summed E-state index contributed by atoms with van der Waals surface area (Å²) in [6.45, 7) is 2.13. The lowest BCUT2D eigenvalue weighted by Crippen LogP contribution is -2.18. The molecule has 0 aliphatic rings. The van der Waals surface area contributed by atoms with Crippen molar-refractivity contribution < 1.29 is 9.84 Å². The first-order chi connectivity index (χ1) is 6.26. The summed E-state index contributed by atoms with van der Waals surface area (Å²) < 4.78 is 5.09. The van der Waals surface area contributed by atoms with E-state index in [1.54, 1.807) is 7.11 Å². The fourth-order valence-corrected chi connectivity index (χ4v) is 1.32. The first-order valence-electron chi connectivity index (χ1n) is 4.45. The molecule has 0 fully saturated rings. The molecule has 0 aromatic heterocycles. The summed E-state index contributed by atoms with van der Waals surface area (Å²) in [6, 6.07) is 8.25. The van der Waals surface area contributed by atoms with Gasteiger partial charge in [-0.15, -0.1) is 0 Å². The topological polar surface area (TPSA) is 29.5 Å². The Morgan fingerprint density at radius 2 is 2.23 bits per heavy atom. The van der Waals surface area contributed by atoms with Crippen molar-refractivity contribution in [3.8, 4) is 0 Å². The molecule has 1 N–H and O–H groups in total. The Balaban J connectivity index is 2.62. The van der Waals surface area contributed by atoms with E-state index in [-0.39, 0.29) is 12.7 Å². The molecule has 1 aromatic rings. The van der Waals surface area contributed by atoms with Crippen molar-refractivity contribution in [2.45, 2.75) is 19.4 Å². The normalized spacial score (nSPS) is 12.8. The maximum atomic E-state index is 8.93. The summed E-state index contributed by atoms with van der Waals surface area (Å²) in [4.78, 5) is 0. The fraction of sp³-hybridized carbons (Fsp3) is 0.455. The predicted molar refractivity (Wildman–Crippen MR) is 52.8 cm³/mol. The third-order valence-corrected chi connectivity index (χ3v) is 2.08. The van der Waals surface area contributed by atoms with E-state index in [0.717, 1.165) is 6.42 Å². The molecule has 1 rings (SSSR count). The molecule has 0 radical (unpaired) electrons. The number of aryl methyl sites for hydroxylation is 1. The highest BCUT2D eigenvalue weighted by Crippen LogP contribution is 2.07. The van der Waals surface area contributed by atoms with Gasteiger partial charge in [0, 0.05) is 13.5 Å². The third-order valence-electron chi connectivity index (χ3n) is 2.08. The van der Waals surface area contributed by atoms with Crippen LogP contribution in [0.15, 0.2) is 24.3 Å². The quantitative estimate of drug-likeness (QED) is 0.761. The van der Waals surface area contributed by atoms with Crippen LogP contribution in [0.2, 0.25) is 0 Å². The molecule has 1 atom stereocenters. The summed E-state index contributed by atoms with van der Waals surface area (Å²) in [6.07, 6.45) is 0.691. The molecule has 0 amide bonds. The minimum atomic E-state index is -0.0817. The molecular formula is C11H16O2. The zero-order valence-corrected chi connectivity index (χ0v) is 8.16. The second-order valence-corrected chi connectivity index (χ2v) is 3.23. The Bertz CT molecular complexity index is 254. The third kappa shape index (κ3) is 3.17. The Kier molecular flexibility index (Phi) is 3.93. The molecule has 2 heteroatoms. The van der Waals surface area contributed by atoms with Crippen LogP contribution in [0.1, 0.15) is 11.1 Å². The van der Waals surface area contributed by atoms with Crippen LogP contribution in [0, 0.1) is 6.92 Å². The lowest BCUT2D eigenvalue weighted by atomic mass is 10.1. The molecular weight excluding hydrogens is 164 g/mol. The zero-order valence-electron chi connectivity index (χ0n) is 8.16. The number of rotatable bonds is 4. The van der Waals surface area contributed by atoms with Crippen molar-refractivity contribution in [3.63, 3.8) is 0 Å². The van der Waals surface area contributed by atoms with Crippen molar-refractivity contribution in [2.75, 3.05) is 13.7 Å². The first-order valence-corrected chi connectivity index (χ1v) is 4.45. The van der Waals surface area contributed by atoms with E-state index in [1.165, 1.54) is 11.1 Å². The van der Waals surface area contributed by atoms with Gasteiger partial charge in [-0.1, -0.05) is 29.8 Å².